The molecule has 2 N–H and O–H groups in total. The molecule has 0 fully saturated rings. The topological polar surface area (TPSA) is 102 Å². The average molecular weight is 379 g/mol. The number of hydrogen-bond acceptors (Lipinski definition) is 7. The second-order valence-corrected chi connectivity index (χ2v) is 6.78. The van der Waals surface area contributed by atoms with Crippen molar-refractivity contribution in [3.63, 3.8) is 0 Å². The summed E-state index contributed by atoms with van der Waals surface area (Å²) in [5, 5.41) is 6.95. The molecule has 0 atom stereocenters. The summed E-state index contributed by atoms with van der Waals surface area (Å²) in [6.45, 7) is 3.02. The van der Waals surface area contributed by atoms with Gasteiger partial charge in [0.25, 0.3) is 5.91 Å². The molecule has 0 saturated carbocycles. The van der Waals surface area contributed by atoms with E-state index < -0.39 is 0 Å². The van der Waals surface area contributed by atoms with E-state index in [1.807, 2.05) is 24.4 Å². The minimum atomic E-state index is -0.109. The van der Waals surface area contributed by atoms with E-state index >= 15 is 0 Å². The summed E-state index contributed by atoms with van der Waals surface area (Å²) >= 11 is 1.45. The number of nitrogens with two attached hydrogens (primary N) is 1. The molecule has 0 aliphatic rings. The van der Waals surface area contributed by atoms with Crippen molar-refractivity contribution in [2.45, 2.75) is 13.5 Å². The molecule has 0 radical (unpaired) electrons. The molecule has 4 heterocycles. The van der Waals surface area contributed by atoms with Gasteiger partial charge in [-0.3, -0.25) is 9.78 Å². The van der Waals surface area contributed by atoms with Crippen LogP contribution >= 0.6 is 11.3 Å². The smallest absolute Gasteiger partial charge is 0.254 e. The van der Waals surface area contributed by atoms with Crippen molar-refractivity contribution >= 4 is 28.7 Å². The van der Waals surface area contributed by atoms with Gasteiger partial charge in [0.15, 0.2) is 10.7 Å². The third-order valence-corrected chi connectivity index (χ3v) is 4.90. The molecular weight excluding hydrogens is 362 g/mol. The molecule has 0 spiro atoms. The van der Waals surface area contributed by atoms with Crippen LogP contribution in [0, 0.1) is 0 Å². The van der Waals surface area contributed by atoms with Crippen molar-refractivity contribution in [1.29, 1.82) is 0 Å². The number of nitrogen functional groups attached to an aromatic ring is 1. The van der Waals surface area contributed by atoms with Gasteiger partial charge in [-0.25, -0.2) is 9.97 Å². The SMILES string of the molecule is CCN(Cc1ccncc1)C(=O)c1cc(N)n2nc(-c3nccs3)nc2c1. The minimum Gasteiger partial charge on any atom is -0.384 e. The standard InChI is InChI=1S/C18H17N7OS/c1-2-24(11-12-3-5-20-6-4-12)18(26)13-9-14(19)25-15(10-13)22-16(23-25)17-21-7-8-27-17/h3-10H,2,11,19H2,1H3. The molecule has 9 heteroatoms. The Morgan fingerprint density at radius 1 is 1.26 bits per heavy atom. The molecular formula is C18H17N7OS. The van der Waals surface area contributed by atoms with Gasteiger partial charge < -0.3 is 10.6 Å². The van der Waals surface area contributed by atoms with E-state index in [9.17, 15) is 4.79 Å². The zero-order valence-electron chi connectivity index (χ0n) is 14.6. The Kier molecular flexibility index (Phi) is 4.51. The van der Waals surface area contributed by atoms with Gasteiger partial charge in [-0.05, 0) is 36.8 Å². The summed E-state index contributed by atoms with van der Waals surface area (Å²) in [6.07, 6.45) is 5.13. The number of pyridine rings is 2. The van der Waals surface area contributed by atoms with Gasteiger partial charge in [0.05, 0.1) is 0 Å². The summed E-state index contributed by atoms with van der Waals surface area (Å²) in [4.78, 5) is 27.4. The molecule has 0 bridgehead atoms. The Labute approximate surface area is 159 Å². The van der Waals surface area contributed by atoms with Crippen LogP contribution in [0.4, 0.5) is 5.82 Å². The molecule has 0 saturated heterocycles. The molecule has 0 aromatic carbocycles. The van der Waals surface area contributed by atoms with E-state index in [1.165, 1.54) is 15.9 Å². The lowest BCUT2D eigenvalue weighted by Gasteiger charge is -2.21. The minimum absolute atomic E-state index is 0.109. The highest BCUT2D eigenvalue weighted by atomic mass is 32.1. The molecule has 0 aliphatic carbocycles. The Morgan fingerprint density at radius 2 is 2.07 bits per heavy atom. The fraction of sp³-hybridized carbons (Fsp3) is 0.167. The second kappa shape index (κ2) is 7.12. The van der Waals surface area contributed by atoms with Gasteiger partial charge in [-0.15, -0.1) is 16.4 Å². The Morgan fingerprint density at radius 3 is 2.78 bits per heavy atom. The van der Waals surface area contributed by atoms with Crippen molar-refractivity contribution in [3.05, 3.63) is 59.4 Å². The number of thiazole rings is 1. The number of carbonyl (C=O) groups is 1. The van der Waals surface area contributed by atoms with E-state index in [2.05, 4.69) is 20.1 Å². The number of fused-ring (bicyclic) bond motifs is 1. The maximum atomic E-state index is 13.0. The number of amides is 1. The molecule has 27 heavy (non-hydrogen) atoms. The number of aromatic nitrogens is 5. The maximum absolute atomic E-state index is 13.0. The summed E-state index contributed by atoms with van der Waals surface area (Å²) in [7, 11) is 0. The molecule has 1 amide bonds. The predicted octanol–water partition coefficient (Wildman–Crippen LogP) is 2.49. The van der Waals surface area contributed by atoms with Crippen LogP contribution < -0.4 is 5.73 Å². The summed E-state index contributed by atoms with van der Waals surface area (Å²) in [5.74, 6) is 0.735. The Balaban J connectivity index is 1.66. The van der Waals surface area contributed by atoms with Gasteiger partial charge in [0.2, 0.25) is 5.82 Å². The average Bonchev–Trinajstić information content (AvgIpc) is 3.36. The van der Waals surface area contributed by atoms with Crippen LogP contribution in [0.5, 0.6) is 0 Å². The molecule has 4 aromatic heterocycles. The zero-order valence-corrected chi connectivity index (χ0v) is 15.4. The highest BCUT2D eigenvalue weighted by Gasteiger charge is 2.18. The first-order valence-electron chi connectivity index (χ1n) is 8.40. The lowest BCUT2D eigenvalue weighted by molar-refractivity contribution is 0.0752. The molecule has 4 rings (SSSR count). The van der Waals surface area contributed by atoms with Gasteiger partial charge in [-0.1, -0.05) is 0 Å². The Bertz CT molecular complexity index is 1080. The highest BCUT2D eigenvalue weighted by molar-refractivity contribution is 7.13. The fourth-order valence-corrected chi connectivity index (χ4v) is 3.34. The van der Waals surface area contributed by atoms with E-state index in [4.69, 9.17) is 5.73 Å². The van der Waals surface area contributed by atoms with Crippen LogP contribution in [-0.2, 0) is 6.54 Å². The van der Waals surface area contributed by atoms with Crippen molar-refractivity contribution < 1.29 is 4.79 Å². The van der Waals surface area contributed by atoms with E-state index in [1.54, 1.807) is 35.6 Å². The Hall–Kier alpha value is -3.33. The van der Waals surface area contributed by atoms with Crippen LogP contribution in [0.3, 0.4) is 0 Å². The summed E-state index contributed by atoms with van der Waals surface area (Å²) in [6, 6.07) is 7.13. The zero-order chi connectivity index (χ0) is 18.8. The van der Waals surface area contributed by atoms with Crippen LogP contribution in [0.15, 0.2) is 48.2 Å². The molecule has 0 unspecified atom stereocenters. The molecule has 0 aliphatic heterocycles. The third-order valence-electron chi connectivity index (χ3n) is 4.13. The van der Waals surface area contributed by atoms with E-state index in [-0.39, 0.29) is 5.91 Å². The van der Waals surface area contributed by atoms with Gasteiger partial charge in [0.1, 0.15) is 5.82 Å². The quantitative estimate of drug-likeness (QED) is 0.571. The van der Waals surface area contributed by atoms with Crippen LogP contribution in [0.25, 0.3) is 16.5 Å². The van der Waals surface area contributed by atoms with Crippen molar-refractivity contribution in [1.82, 2.24) is 29.5 Å². The first kappa shape index (κ1) is 17.1. The van der Waals surface area contributed by atoms with Crippen LogP contribution in [0.1, 0.15) is 22.8 Å². The number of anilines is 1. The molecule has 4 aromatic rings. The van der Waals surface area contributed by atoms with E-state index in [0.717, 1.165) is 5.56 Å². The first-order chi connectivity index (χ1) is 13.2. The third kappa shape index (κ3) is 3.36. The number of nitrogens with zero attached hydrogens (tertiary/aromatic N) is 6. The number of rotatable bonds is 5. The first-order valence-corrected chi connectivity index (χ1v) is 9.28. The molecule has 136 valence electrons. The highest BCUT2D eigenvalue weighted by Crippen LogP contribution is 2.21. The van der Waals surface area contributed by atoms with Crippen molar-refractivity contribution in [3.8, 4) is 10.8 Å². The maximum Gasteiger partial charge on any atom is 0.254 e. The van der Waals surface area contributed by atoms with Crippen molar-refractivity contribution in [2.24, 2.45) is 0 Å². The summed E-state index contributed by atoms with van der Waals surface area (Å²) < 4.78 is 1.52. The van der Waals surface area contributed by atoms with Gasteiger partial charge >= 0.3 is 0 Å². The number of hydrogen-bond donors (Lipinski definition) is 1. The largest absolute Gasteiger partial charge is 0.384 e. The van der Waals surface area contributed by atoms with E-state index in [0.29, 0.717) is 41.0 Å². The van der Waals surface area contributed by atoms with Crippen LogP contribution in [0.2, 0.25) is 0 Å². The lowest BCUT2D eigenvalue weighted by atomic mass is 10.2. The fourth-order valence-electron chi connectivity index (χ4n) is 2.78. The second-order valence-electron chi connectivity index (χ2n) is 5.89. The van der Waals surface area contributed by atoms with Gasteiger partial charge in [-0.2, -0.15) is 4.52 Å². The number of carbonyl (C=O) groups excluding carboxylic acids is 1. The molecule has 8 nitrogen and oxygen atoms in total. The van der Waals surface area contributed by atoms with Crippen LogP contribution in [-0.4, -0.2) is 41.9 Å². The predicted molar refractivity (Wildman–Crippen MR) is 103 cm³/mol. The van der Waals surface area contributed by atoms with Gasteiger partial charge in [0, 0.05) is 42.6 Å². The monoisotopic (exact) mass is 379 g/mol. The summed E-state index contributed by atoms with van der Waals surface area (Å²) in [5.41, 5.74) is 8.13. The normalized spacial score (nSPS) is 11.0. The van der Waals surface area contributed by atoms with Crippen molar-refractivity contribution in [2.75, 3.05) is 12.3 Å². The lowest BCUT2D eigenvalue weighted by Crippen LogP contribution is -2.30.